The molecule has 0 unspecified atom stereocenters. The van der Waals surface area contributed by atoms with Crippen molar-refractivity contribution >= 4 is 27.4 Å². The average molecular weight is 570 g/mol. The molecule has 40 heavy (non-hydrogen) atoms. The van der Waals surface area contributed by atoms with Gasteiger partial charge in [-0.1, -0.05) is 24.3 Å². The number of aliphatic hydroxyl groups is 1. The Balaban J connectivity index is 1.22. The standard InChI is InChI=1S/C27H26F3N7O2S/c1-37(25-19-9-18(11-27(28,29)30)40-26(19)34-14-33-25)22-7-17(8-23(22)38)32-13-15-3-5-16(6-4-15)20-10-24(39-2)21(12-31)36-35-20/h3-6,9-10,14,17,22-23,32,38H,7-8,11,13H2,1-2H3/t17-,22+,23-/m1/s1. The molecular weight excluding hydrogens is 543 g/mol. The number of methoxy groups -OCH3 is 1. The Kier molecular flexibility index (Phi) is 7.84. The number of nitriles is 1. The summed E-state index contributed by atoms with van der Waals surface area (Å²) in [5.74, 6) is 0.874. The first kappa shape index (κ1) is 27.7. The van der Waals surface area contributed by atoms with Crippen LogP contribution in [-0.2, 0) is 13.0 Å². The number of fused-ring (bicyclic) bond motifs is 1. The Labute approximate surface area is 232 Å². The molecule has 1 aliphatic rings. The number of benzene rings is 1. The van der Waals surface area contributed by atoms with Gasteiger partial charge in [0.2, 0.25) is 5.69 Å². The van der Waals surface area contributed by atoms with E-state index in [-0.39, 0.29) is 22.7 Å². The third-order valence-electron chi connectivity index (χ3n) is 6.99. The Morgan fingerprint density at radius 1 is 1.18 bits per heavy atom. The van der Waals surface area contributed by atoms with E-state index in [2.05, 4.69) is 25.5 Å². The van der Waals surface area contributed by atoms with Gasteiger partial charge in [-0.15, -0.1) is 21.5 Å². The van der Waals surface area contributed by atoms with Gasteiger partial charge in [0.15, 0.2) is 5.75 Å². The third kappa shape index (κ3) is 5.99. The molecule has 3 aromatic heterocycles. The summed E-state index contributed by atoms with van der Waals surface area (Å²) in [6.45, 7) is 0.583. The number of aliphatic hydroxyl groups excluding tert-OH is 1. The topological polar surface area (TPSA) is 120 Å². The van der Waals surface area contributed by atoms with Crippen LogP contribution in [0.25, 0.3) is 21.5 Å². The Hall–Kier alpha value is -3.86. The van der Waals surface area contributed by atoms with E-state index in [4.69, 9.17) is 10.00 Å². The molecule has 13 heteroatoms. The van der Waals surface area contributed by atoms with Crippen molar-refractivity contribution < 1.29 is 23.0 Å². The molecule has 1 aromatic carbocycles. The van der Waals surface area contributed by atoms with Crippen LogP contribution in [0.4, 0.5) is 19.0 Å². The summed E-state index contributed by atoms with van der Waals surface area (Å²) in [7, 11) is 3.28. The SMILES string of the molecule is COc1cc(-c2ccc(CN[C@H]3C[C@@H](O)[C@@H](N(C)c4ncnc5sc(CC(F)(F)F)cc45)C3)cc2)nnc1C#N. The molecule has 0 aliphatic heterocycles. The number of nitrogens with zero attached hydrogens (tertiary/aromatic N) is 6. The fourth-order valence-electron chi connectivity index (χ4n) is 5.00. The minimum absolute atomic E-state index is 0.0383. The number of anilines is 1. The first-order valence-electron chi connectivity index (χ1n) is 12.5. The number of likely N-dealkylation sites (N-methyl/N-ethyl adjacent to an activating group) is 1. The van der Waals surface area contributed by atoms with E-state index in [0.717, 1.165) is 22.5 Å². The van der Waals surface area contributed by atoms with Crippen molar-refractivity contribution in [1.29, 1.82) is 5.26 Å². The molecule has 0 saturated heterocycles. The van der Waals surface area contributed by atoms with Gasteiger partial charge in [0, 0.05) is 36.1 Å². The number of aromatic nitrogens is 4. The van der Waals surface area contributed by atoms with Crippen molar-refractivity contribution in [2.45, 2.75) is 50.2 Å². The molecule has 9 nitrogen and oxygen atoms in total. The lowest BCUT2D eigenvalue weighted by atomic mass is 10.1. The predicted octanol–water partition coefficient (Wildman–Crippen LogP) is 4.25. The van der Waals surface area contributed by atoms with Gasteiger partial charge in [-0.3, -0.25) is 0 Å². The summed E-state index contributed by atoms with van der Waals surface area (Å²) in [4.78, 5) is 11.0. The summed E-state index contributed by atoms with van der Waals surface area (Å²) in [6.07, 6.45) is -3.42. The highest BCUT2D eigenvalue weighted by Crippen LogP contribution is 2.36. The highest BCUT2D eigenvalue weighted by Gasteiger charge is 2.37. The number of hydrogen-bond acceptors (Lipinski definition) is 10. The van der Waals surface area contributed by atoms with Crippen LogP contribution in [0.15, 0.2) is 42.7 Å². The highest BCUT2D eigenvalue weighted by molar-refractivity contribution is 7.18. The molecule has 2 N–H and O–H groups in total. The van der Waals surface area contributed by atoms with Crippen molar-refractivity contribution in [3.05, 3.63) is 58.9 Å². The van der Waals surface area contributed by atoms with Gasteiger partial charge < -0.3 is 20.1 Å². The summed E-state index contributed by atoms with van der Waals surface area (Å²) >= 11 is 1.01. The van der Waals surface area contributed by atoms with Crippen molar-refractivity contribution in [3.8, 4) is 23.1 Å². The Morgan fingerprint density at radius 3 is 2.65 bits per heavy atom. The minimum Gasteiger partial charge on any atom is -0.494 e. The van der Waals surface area contributed by atoms with Gasteiger partial charge in [-0.2, -0.15) is 18.4 Å². The monoisotopic (exact) mass is 569 g/mol. The number of ether oxygens (including phenoxy) is 1. The molecule has 5 rings (SSSR count). The van der Waals surface area contributed by atoms with E-state index in [1.165, 1.54) is 19.5 Å². The zero-order valence-corrected chi connectivity index (χ0v) is 22.5. The molecule has 0 radical (unpaired) electrons. The van der Waals surface area contributed by atoms with Gasteiger partial charge in [0.1, 0.15) is 23.0 Å². The first-order chi connectivity index (χ1) is 19.1. The molecule has 3 atom stereocenters. The van der Waals surface area contributed by atoms with Crippen molar-refractivity contribution in [1.82, 2.24) is 25.5 Å². The molecular formula is C27H26F3N7O2S. The number of hydrogen-bond donors (Lipinski definition) is 2. The second kappa shape index (κ2) is 11.3. The quantitative estimate of drug-likeness (QED) is 0.321. The van der Waals surface area contributed by atoms with Crippen LogP contribution in [0.3, 0.4) is 0 Å². The van der Waals surface area contributed by atoms with Crippen LogP contribution in [0.2, 0.25) is 0 Å². The summed E-state index contributed by atoms with van der Waals surface area (Å²) in [5.41, 5.74) is 2.59. The largest absolute Gasteiger partial charge is 0.494 e. The molecule has 0 spiro atoms. The van der Waals surface area contributed by atoms with Crippen molar-refractivity contribution in [3.63, 3.8) is 0 Å². The van der Waals surface area contributed by atoms with Gasteiger partial charge in [0.25, 0.3) is 0 Å². The number of nitrogens with one attached hydrogen (secondary N) is 1. The van der Waals surface area contributed by atoms with Crippen LogP contribution in [0, 0.1) is 11.3 Å². The normalized spacial score (nSPS) is 19.1. The van der Waals surface area contributed by atoms with Gasteiger partial charge in [0.05, 0.1) is 36.8 Å². The molecule has 1 saturated carbocycles. The maximum Gasteiger partial charge on any atom is 0.393 e. The van der Waals surface area contributed by atoms with E-state index in [9.17, 15) is 18.3 Å². The Bertz CT molecular complexity index is 1540. The molecule has 208 valence electrons. The van der Waals surface area contributed by atoms with E-state index >= 15 is 0 Å². The molecule has 1 aliphatic carbocycles. The second-order valence-electron chi connectivity index (χ2n) is 9.67. The van der Waals surface area contributed by atoms with Crippen LogP contribution in [-0.4, -0.2) is 63.8 Å². The van der Waals surface area contributed by atoms with Gasteiger partial charge >= 0.3 is 6.18 Å². The first-order valence-corrected chi connectivity index (χ1v) is 13.3. The van der Waals surface area contributed by atoms with Gasteiger partial charge in [-0.05, 0) is 24.5 Å². The van der Waals surface area contributed by atoms with Gasteiger partial charge in [-0.25, -0.2) is 9.97 Å². The predicted molar refractivity (Wildman–Crippen MR) is 144 cm³/mol. The van der Waals surface area contributed by atoms with E-state index in [0.29, 0.717) is 46.9 Å². The minimum atomic E-state index is -4.30. The van der Waals surface area contributed by atoms with E-state index in [1.807, 2.05) is 35.2 Å². The lowest BCUT2D eigenvalue weighted by Gasteiger charge is -2.28. The number of alkyl halides is 3. The summed E-state index contributed by atoms with van der Waals surface area (Å²) < 4.78 is 44.0. The molecule has 0 amide bonds. The number of rotatable bonds is 8. The van der Waals surface area contributed by atoms with Crippen LogP contribution < -0.4 is 15.0 Å². The fraction of sp³-hybridized carbons (Fsp3) is 0.370. The van der Waals surface area contributed by atoms with Crippen molar-refractivity contribution in [2.24, 2.45) is 0 Å². The zero-order valence-electron chi connectivity index (χ0n) is 21.7. The number of thiophene rings is 1. The van der Waals surface area contributed by atoms with Crippen LogP contribution in [0.1, 0.15) is 29.0 Å². The van der Waals surface area contributed by atoms with Crippen LogP contribution >= 0.6 is 11.3 Å². The fourth-order valence-corrected chi connectivity index (χ4v) is 6.02. The molecule has 4 aromatic rings. The second-order valence-corrected chi connectivity index (χ2v) is 10.8. The Morgan fingerprint density at radius 2 is 1.95 bits per heavy atom. The number of halogens is 3. The third-order valence-corrected chi connectivity index (χ3v) is 8.03. The van der Waals surface area contributed by atoms with E-state index in [1.54, 1.807) is 13.1 Å². The lowest BCUT2D eigenvalue weighted by Crippen LogP contribution is -2.38. The maximum absolute atomic E-state index is 12.9. The maximum atomic E-state index is 12.9. The molecule has 3 heterocycles. The van der Waals surface area contributed by atoms with Crippen LogP contribution in [0.5, 0.6) is 5.75 Å². The molecule has 0 bridgehead atoms. The zero-order chi connectivity index (χ0) is 28.4. The summed E-state index contributed by atoms with van der Waals surface area (Å²) in [6, 6.07) is 12.7. The average Bonchev–Trinajstić information content (AvgIpc) is 3.52. The summed E-state index contributed by atoms with van der Waals surface area (Å²) in [5, 5.41) is 32.0. The smallest absolute Gasteiger partial charge is 0.393 e. The molecule has 1 fully saturated rings. The lowest BCUT2D eigenvalue weighted by molar-refractivity contribution is -0.126. The van der Waals surface area contributed by atoms with E-state index < -0.39 is 18.7 Å². The van der Waals surface area contributed by atoms with Crippen molar-refractivity contribution in [2.75, 3.05) is 19.1 Å². The highest BCUT2D eigenvalue weighted by atomic mass is 32.1.